The zero-order chi connectivity index (χ0) is 25.1. The number of nitrogens with zero attached hydrogens (tertiary/aromatic N) is 2. The maximum Gasteiger partial charge on any atom is 0.303 e. The van der Waals surface area contributed by atoms with Gasteiger partial charge < -0.3 is 14.8 Å². The van der Waals surface area contributed by atoms with Crippen LogP contribution < -0.4 is 5.32 Å². The molecule has 1 saturated carbocycles. The van der Waals surface area contributed by atoms with E-state index in [0.29, 0.717) is 17.5 Å². The van der Waals surface area contributed by atoms with E-state index in [1.807, 2.05) is 60.0 Å². The molecule has 0 saturated heterocycles. The van der Waals surface area contributed by atoms with Gasteiger partial charge in [0, 0.05) is 18.8 Å². The zero-order valence-electron chi connectivity index (χ0n) is 20.4. The van der Waals surface area contributed by atoms with Gasteiger partial charge in [0.05, 0.1) is 6.04 Å². The molecule has 5 rings (SSSR count). The largest absolute Gasteiger partial charge is 0.481 e. The number of aromatic nitrogens is 2. The van der Waals surface area contributed by atoms with Crippen LogP contribution in [-0.4, -0.2) is 26.4 Å². The van der Waals surface area contributed by atoms with Gasteiger partial charge in [0.25, 0.3) is 5.91 Å². The molecule has 6 heteroatoms. The molecule has 4 aromatic rings. The van der Waals surface area contributed by atoms with E-state index >= 15 is 0 Å². The molecule has 1 fully saturated rings. The van der Waals surface area contributed by atoms with E-state index in [9.17, 15) is 9.59 Å². The number of aliphatic carboxylic acids is 1. The smallest absolute Gasteiger partial charge is 0.303 e. The van der Waals surface area contributed by atoms with Crippen LogP contribution in [0.1, 0.15) is 72.6 Å². The van der Waals surface area contributed by atoms with Gasteiger partial charge in [0.2, 0.25) is 0 Å². The predicted octanol–water partition coefficient (Wildman–Crippen LogP) is 6.24. The summed E-state index contributed by atoms with van der Waals surface area (Å²) in [6, 6.07) is 22.4. The lowest BCUT2D eigenvalue weighted by Gasteiger charge is -2.28. The molecule has 2 N–H and O–H groups in total. The second kappa shape index (κ2) is 10.4. The van der Waals surface area contributed by atoms with Crippen LogP contribution in [0.4, 0.5) is 0 Å². The minimum atomic E-state index is -0.688. The monoisotopic (exact) mass is 481 g/mol. The number of amides is 1. The maximum atomic E-state index is 12.8. The van der Waals surface area contributed by atoms with E-state index in [0.717, 1.165) is 48.0 Å². The summed E-state index contributed by atoms with van der Waals surface area (Å²) in [5.74, 6) is -0.0702. The minimum Gasteiger partial charge on any atom is -0.481 e. The van der Waals surface area contributed by atoms with E-state index in [1.54, 1.807) is 6.20 Å². The molecule has 2 aromatic heterocycles. The molecule has 0 unspecified atom stereocenters. The number of hydrogen-bond donors (Lipinski definition) is 2. The highest BCUT2D eigenvalue weighted by Gasteiger charge is 2.24. The zero-order valence-corrected chi connectivity index (χ0v) is 20.4. The van der Waals surface area contributed by atoms with Crippen molar-refractivity contribution >= 4 is 17.5 Å². The van der Waals surface area contributed by atoms with Crippen LogP contribution in [0.15, 0.2) is 79.1 Å². The van der Waals surface area contributed by atoms with Gasteiger partial charge >= 0.3 is 5.97 Å². The number of carboxylic acids is 1. The van der Waals surface area contributed by atoms with E-state index in [4.69, 9.17) is 5.11 Å². The summed E-state index contributed by atoms with van der Waals surface area (Å²) in [5.41, 5.74) is 5.66. The van der Waals surface area contributed by atoms with Gasteiger partial charge in [0.15, 0.2) is 0 Å². The third kappa shape index (κ3) is 5.33. The lowest BCUT2D eigenvalue weighted by Crippen LogP contribution is -2.26. The fourth-order valence-electron chi connectivity index (χ4n) is 5.26. The Kier molecular flexibility index (Phi) is 6.85. The van der Waals surface area contributed by atoms with E-state index in [1.165, 1.54) is 5.56 Å². The second-order valence-corrected chi connectivity index (χ2v) is 9.85. The van der Waals surface area contributed by atoms with Crippen molar-refractivity contribution in [1.82, 2.24) is 14.7 Å². The molecule has 1 aliphatic rings. The van der Waals surface area contributed by atoms with Crippen LogP contribution in [-0.2, 0) is 4.79 Å². The molecular weight excluding hydrogens is 450 g/mol. The van der Waals surface area contributed by atoms with Crippen molar-refractivity contribution in [2.45, 2.75) is 51.0 Å². The number of benzene rings is 2. The molecule has 6 nitrogen and oxygen atoms in total. The van der Waals surface area contributed by atoms with Crippen molar-refractivity contribution in [2.75, 3.05) is 0 Å². The molecule has 0 spiro atoms. The van der Waals surface area contributed by atoms with Crippen molar-refractivity contribution in [3.63, 3.8) is 0 Å². The Balaban J connectivity index is 1.26. The molecular formula is C30H31N3O3. The Morgan fingerprint density at radius 2 is 1.64 bits per heavy atom. The molecule has 184 valence electrons. The number of imidazole rings is 1. The lowest BCUT2D eigenvalue weighted by atomic mass is 9.77. The number of fused-ring (bicyclic) bond motifs is 1. The number of rotatable bonds is 7. The number of hydrogen-bond acceptors (Lipinski definition) is 3. The standard InChI is InChI=1S/C30H31N3O3/c1-20(22-5-3-2-4-6-22)31-30(36)27-19-33-18-26(15-16-28(33)32-27)25-13-11-24(12-14-25)23-9-7-21(8-10-23)17-29(34)35/h2-6,11-16,18-21,23H,7-10,17H2,1H3,(H,31,36)(H,34,35)/t20-,21-,23-/m1/s1. The molecule has 36 heavy (non-hydrogen) atoms. The van der Waals surface area contributed by atoms with Gasteiger partial charge in [-0.15, -0.1) is 0 Å². The predicted molar refractivity (Wildman–Crippen MR) is 140 cm³/mol. The summed E-state index contributed by atoms with van der Waals surface area (Å²) in [6.07, 6.45) is 8.13. The number of nitrogens with one attached hydrogen (secondary N) is 1. The van der Waals surface area contributed by atoms with Crippen LogP contribution >= 0.6 is 0 Å². The summed E-state index contributed by atoms with van der Waals surface area (Å²) >= 11 is 0. The van der Waals surface area contributed by atoms with Gasteiger partial charge in [-0.25, -0.2) is 4.98 Å². The minimum absolute atomic E-state index is 0.107. The van der Waals surface area contributed by atoms with Gasteiger partial charge in [-0.3, -0.25) is 9.59 Å². The van der Waals surface area contributed by atoms with Gasteiger partial charge in [0.1, 0.15) is 11.3 Å². The summed E-state index contributed by atoms with van der Waals surface area (Å²) in [7, 11) is 0. The van der Waals surface area contributed by atoms with E-state index in [-0.39, 0.29) is 18.4 Å². The second-order valence-electron chi connectivity index (χ2n) is 9.85. The van der Waals surface area contributed by atoms with Crippen LogP contribution in [0, 0.1) is 5.92 Å². The van der Waals surface area contributed by atoms with E-state index < -0.39 is 5.97 Å². The van der Waals surface area contributed by atoms with E-state index in [2.05, 4.69) is 34.6 Å². The third-order valence-corrected chi connectivity index (χ3v) is 7.36. The first-order valence-corrected chi connectivity index (χ1v) is 12.6. The topological polar surface area (TPSA) is 83.7 Å². The normalized spacial score (nSPS) is 18.6. The molecule has 0 bridgehead atoms. The Morgan fingerprint density at radius 3 is 2.33 bits per heavy atom. The SMILES string of the molecule is C[C@@H](NC(=O)c1cn2cc(-c3ccc([C@H]4CC[C@H](CC(=O)O)CC4)cc3)ccc2n1)c1ccccc1. The van der Waals surface area contributed by atoms with Gasteiger partial charge in [-0.1, -0.05) is 54.6 Å². The first-order valence-electron chi connectivity index (χ1n) is 12.6. The van der Waals surface area contributed by atoms with Gasteiger partial charge in [-0.05, 0) is 78.8 Å². The Labute approximate surface area is 211 Å². The van der Waals surface area contributed by atoms with Crippen molar-refractivity contribution in [3.8, 4) is 11.1 Å². The molecule has 2 aromatic carbocycles. The first kappa shape index (κ1) is 23.8. The third-order valence-electron chi connectivity index (χ3n) is 7.36. The van der Waals surface area contributed by atoms with Crippen LogP contribution in [0.5, 0.6) is 0 Å². The van der Waals surface area contributed by atoms with Crippen molar-refractivity contribution in [1.29, 1.82) is 0 Å². The number of carbonyl (C=O) groups excluding carboxylic acids is 1. The fourth-order valence-corrected chi connectivity index (χ4v) is 5.26. The lowest BCUT2D eigenvalue weighted by molar-refractivity contribution is -0.138. The molecule has 1 atom stereocenters. The summed E-state index contributed by atoms with van der Waals surface area (Å²) in [4.78, 5) is 28.3. The number of pyridine rings is 1. The highest BCUT2D eigenvalue weighted by molar-refractivity contribution is 5.93. The average molecular weight is 482 g/mol. The van der Waals surface area contributed by atoms with Crippen LogP contribution in [0.2, 0.25) is 0 Å². The number of carbonyl (C=O) groups is 2. The number of carboxylic acid groups (broad SMARTS) is 1. The summed E-state index contributed by atoms with van der Waals surface area (Å²) in [6.45, 7) is 1.96. The fraction of sp³-hybridized carbons (Fsp3) is 0.300. The van der Waals surface area contributed by atoms with Crippen molar-refractivity contribution in [3.05, 3.63) is 95.9 Å². The maximum absolute atomic E-state index is 12.8. The summed E-state index contributed by atoms with van der Waals surface area (Å²) < 4.78 is 1.90. The molecule has 0 aliphatic heterocycles. The van der Waals surface area contributed by atoms with Crippen LogP contribution in [0.25, 0.3) is 16.8 Å². The first-order chi connectivity index (χ1) is 17.5. The Morgan fingerprint density at radius 1 is 0.944 bits per heavy atom. The van der Waals surface area contributed by atoms with Crippen molar-refractivity contribution in [2.24, 2.45) is 5.92 Å². The van der Waals surface area contributed by atoms with Gasteiger partial charge in [-0.2, -0.15) is 0 Å². The quantitative estimate of drug-likeness (QED) is 0.327. The molecule has 2 heterocycles. The molecule has 1 aliphatic carbocycles. The average Bonchev–Trinajstić information content (AvgIpc) is 3.33. The highest BCUT2D eigenvalue weighted by atomic mass is 16.4. The molecule has 0 radical (unpaired) electrons. The van der Waals surface area contributed by atoms with Crippen molar-refractivity contribution < 1.29 is 14.7 Å². The van der Waals surface area contributed by atoms with Crippen LogP contribution in [0.3, 0.4) is 0 Å². The Bertz CT molecular complexity index is 1350. The Hall–Kier alpha value is -3.93. The highest BCUT2D eigenvalue weighted by Crippen LogP contribution is 2.37. The summed E-state index contributed by atoms with van der Waals surface area (Å²) in [5, 5.41) is 12.1. The molecule has 1 amide bonds.